The van der Waals surface area contributed by atoms with Gasteiger partial charge in [-0.15, -0.1) is 59.3 Å². The molecule has 1 heteroatoms. The third-order valence-corrected chi connectivity index (χ3v) is 3.10. The van der Waals surface area contributed by atoms with Gasteiger partial charge in [0.05, 0.1) is 0 Å². The molecular formula is C19H16Ti. The van der Waals surface area contributed by atoms with Crippen molar-refractivity contribution in [3.63, 3.8) is 0 Å². The van der Waals surface area contributed by atoms with E-state index in [1.165, 1.54) is 21.5 Å². The molecular weight excluding hydrogens is 276 g/mol. The summed E-state index contributed by atoms with van der Waals surface area (Å²) in [5, 5.41) is 5.32. The summed E-state index contributed by atoms with van der Waals surface area (Å²) in [5.41, 5.74) is 0. The van der Waals surface area contributed by atoms with Gasteiger partial charge in [-0.1, -0.05) is 12.1 Å². The number of fused-ring (bicyclic) bond motifs is 2. The standard InChI is InChI=1S/2C9H7.CH2.Ti/c2*1-2-5-9-7-3-6-8(9)4-1;;/h2*1-7H;1H2;/q2*-1;;+2. The van der Waals surface area contributed by atoms with Crippen molar-refractivity contribution in [3.8, 4) is 0 Å². The van der Waals surface area contributed by atoms with Crippen LogP contribution in [0.15, 0.2) is 84.9 Å². The zero-order valence-corrected chi connectivity index (χ0v) is 12.9. The van der Waals surface area contributed by atoms with Gasteiger partial charge >= 0.3 is 24.8 Å². The van der Waals surface area contributed by atoms with Gasteiger partial charge in [0.1, 0.15) is 0 Å². The Kier molecular flexibility index (Phi) is 5.67. The fourth-order valence-electron chi connectivity index (χ4n) is 2.14. The minimum absolute atomic E-state index is 1.33. The predicted molar refractivity (Wildman–Crippen MR) is 86.2 cm³/mol. The molecule has 0 aliphatic rings. The van der Waals surface area contributed by atoms with E-state index in [9.17, 15) is 0 Å². The van der Waals surface area contributed by atoms with Crippen molar-refractivity contribution >= 4 is 26.4 Å². The van der Waals surface area contributed by atoms with Gasteiger partial charge < -0.3 is 0 Å². The van der Waals surface area contributed by atoms with E-state index < -0.39 is 0 Å². The van der Waals surface area contributed by atoms with Crippen LogP contribution in [0.1, 0.15) is 0 Å². The zero-order valence-electron chi connectivity index (χ0n) is 11.3. The Bertz CT molecular complexity index is 635. The molecule has 96 valence electrons. The molecule has 0 nitrogen and oxygen atoms in total. The summed E-state index contributed by atoms with van der Waals surface area (Å²) in [6.07, 6.45) is 0. The van der Waals surface area contributed by atoms with Crippen molar-refractivity contribution in [1.29, 1.82) is 0 Å². The first-order valence-electron chi connectivity index (χ1n) is 6.50. The van der Waals surface area contributed by atoms with Gasteiger partial charge in [-0.3, -0.25) is 0 Å². The molecule has 0 spiro atoms. The molecule has 0 aromatic heterocycles. The third-order valence-electron chi connectivity index (χ3n) is 3.10. The second-order valence-corrected chi connectivity index (χ2v) is 4.31. The molecule has 0 aliphatic carbocycles. The van der Waals surface area contributed by atoms with Crippen LogP contribution in [0.2, 0.25) is 0 Å². The molecule has 0 fully saturated rings. The van der Waals surface area contributed by atoms with Crippen molar-refractivity contribution < 1.29 is 20.0 Å². The second kappa shape index (κ2) is 7.74. The predicted octanol–water partition coefficient (Wildman–Crippen LogP) is 5.08. The van der Waals surface area contributed by atoms with Gasteiger partial charge in [0, 0.05) is 0 Å². The Morgan fingerprint density at radius 1 is 0.600 bits per heavy atom. The van der Waals surface area contributed by atoms with Crippen LogP contribution in [-0.2, 0) is 20.0 Å². The molecule has 0 unspecified atom stereocenters. The summed E-state index contributed by atoms with van der Waals surface area (Å²) < 4.78 is 0. The maximum atomic E-state index is 3.25. The van der Waals surface area contributed by atoms with E-state index in [0.29, 0.717) is 0 Å². The van der Waals surface area contributed by atoms with E-state index in [1.54, 1.807) is 20.0 Å². The van der Waals surface area contributed by atoms with Crippen LogP contribution < -0.4 is 0 Å². The van der Waals surface area contributed by atoms with Crippen LogP contribution in [0.3, 0.4) is 0 Å². The Hall–Kier alpha value is -1.76. The molecule has 4 aromatic carbocycles. The Morgan fingerprint density at radius 2 is 1.00 bits per heavy atom. The first-order valence-corrected chi connectivity index (χ1v) is 7.60. The quantitative estimate of drug-likeness (QED) is 0.313. The summed E-state index contributed by atoms with van der Waals surface area (Å²) in [6, 6.07) is 29.3. The minimum Gasteiger partial charge on any atom is -0.168 e. The average molecular weight is 292 g/mol. The van der Waals surface area contributed by atoms with Crippen LogP contribution in [0, 0.1) is 0 Å². The van der Waals surface area contributed by atoms with E-state index in [2.05, 4.69) is 89.7 Å². The van der Waals surface area contributed by atoms with Crippen LogP contribution in [0.25, 0.3) is 21.5 Å². The summed E-state index contributed by atoms with van der Waals surface area (Å²) in [7, 11) is 0. The Morgan fingerprint density at radius 3 is 1.40 bits per heavy atom. The second-order valence-electron chi connectivity index (χ2n) is 4.31. The van der Waals surface area contributed by atoms with Gasteiger partial charge in [0.25, 0.3) is 0 Å². The van der Waals surface area contributed by atoms with E-state index in [1.807, 2.05) is 0 Å². The summed E-state index contributed by atoms with van der Waals surface area (Å²) >= 11 is 1.75. The molecule has 4 rings (SSSR count). The molecule has 0 atom stereocenters. The Balaban J connectivity index is 0.000000131. The van der Waals surface area contributed by atoms with Gasteiger partial charge in [-0.25, -0.2) is 0 Å². The largest absolute Gasteiger partial charge is 0.168 e. The van der Waals surface area contributed by atoms with E-state index in [4.69, 9.17) is 0 Å². The van der Waals surface area contributed by atoms with Crippen LogP contribution >= 0.6 is 0 Å². The first kappa shape index (κ1) is 14.6. The number of hydrogen-bond donors (Lipinski definition) is 0. The summed E-state index contributed by atoms with van der Waals surface area (Å²) in [5.74, 6) is 0. The van der Waals surface area contributed by atoms with E-state index >= 15 is 0 Å². The van der Waals surface area contributed by atoms with Crippen LogP contribution in [-0.4, -0.2) is 4.82 Å². The molecule has 0 N–H and O–H groups in total. The third kappa shape index (κ3) is 3.63. The average Bonchev–Trinajstić information content (AvgIpc) is 3.18. The molecule has 0 aliphatic heterocycles. The number of benzene rings is 2. The molecule has 0 amide bonds. The van der Waals surface area contributed by atoms with Crippen molar-refractivity contribution in [3.05, 3.63) is 84.9 Å². The fraction of sp³-hybridized carbons (Fsp3) is 0. The SMILES string of the molecule is [CH2]=[Ti+2].c1ccc2[cH-]ccc2c1.c1ccc2[cH-]ccc2c1. The van der Waals surface area contributed by atoms with Crippen molar-refractivity contribution in [1.82, 2.24) is 0 Å². The van der Waals surface area contributed by atoms with E-state index in [-0.39, 0.29) is 0 Å². The minimum atomic E-state index is 1.33. The molecule has 0 bridgehead atoms. The normalized spacial score (nSPS) is 9.50. The maximum Gasteiger partial charge on any atom is -0.0809 e. The monoisotopic (exact) mass is 292 g/mol. The molecule has 0 saturated heterocycles. The molecule has 0 heterocycles. The number of rotatable bonds is 0. The molecule has 0 saturated carbocycles. The molecule has 20 heavy (non-hydrogen) atoms. The first-order chi connectivity index (χ1) is 9.93. The topological polar surface area (TPSA) is 0 Å². The molecule has 0 radical (unpaired) electrons. The van der Waals surface area contributed by atoms with Crippen LogP contribution in [0.5, 0.6) is 0 Å². The van der Waals surface area contributed by atoms with Gasteiger partial charge in [0.2, 0.25) is 0 Å². The molecule has 4 aromatic rings. The summed E-state index contributed by atoms with van der Waals surface area (Å²) in [6.45, 7) is 0. The van der Waals surface area contributed by atoms with Crippen molar-refractivity contribution in [2.45, 2.75) is 0 Å². The van der Waals surface area contributed by atoms with Gasteiger partial charge in [0.15, 0.2) is 0 Å². The van der Waals surface area contributed by atoms with E-state index in [0.717, 1.165) is 0 Å². The smallest absolute Gasteiger partial charge is 0.0809 e. The van der Waals surface area contributed by atoms with Crippen molar-refractivity contribution in [2.24, 2.45) is 0 Å². The fourth-order valence-corrected chi connectivity index (χ4v) is 2.14. The van der Waals surface area contributed by atoms with Gasteiger partial charge in [-0.05, 0) is 0 Å². The van der Waals surface area contributed by atoms with Gasteiger partial charge in [-0.2, -0.15) is 35.0 Å². The summed E-state index contributed by atoms with van der Waals surface area (Å²) in [4.78, 5) is 3.25. The Labute approximate surface area is 131 Å². The zero-order chi connectivity index (χ0) is 14.2. The maximum absolute atomic E-state index is 3.25. The van der Waals surface area contributed by atoms with Crippen LogP contribution in [0.4, 0.5) is 0 Å². The van der Waals surface area contributed by atoms with Crippen molar-refractivity contribution in [2.75, 3.05) is 0 Å². The number of hydrogen-bond acceptors (Lipinski definition) is 0.